The van der Waals surface area contributed by atoms with Gasteiger partial charge in [0.2, 0.25) is 5.89 Å². The van der Waals surface area contributed by atoms with Gasteiger partial charge in [0.25, 0.3) is 0 Å². The van der Waals surface area contributed by atoms with Gasteiger partial charge in [0.1, 0.15) is 12.1 Å². The first kappa shape index (κ1) is 11.9. The van der Waals surface area contributed by atoms with Crippen molar-refractivity contribution in [3.05, 3.63) is 24.1 Å². The highest BCUT2D eigenvalue weighted by Gasteiger charge is 2.06. The van der Waals surface area contributed by atoms with E-state index in [4.69, 9.17) is 14.9 Å². The number of rotatable bonds is 5. The van der Waals surface area contributed by atoms with E-state index in [-0.39, 0.29) is 0 Å². The molecule has 1 heterocycles. The van der Waals surface area contributed by atoms with Crippen LogP contribution in [0.1, 0.15) is 26.2 Å². The summed E-state index contributed by atoms with van der Waals surface area (Å²) >= 11 is 0. The molecule has 0 saturated carbocycles. The van der Waals surface area contributed by atoms with Gasteiger partial charge < -0.3 is 14.9 Å². The lowest BCUT2D eigenvalue weighted by Gasteiger charge is -2.03. The number of nitrogens with two attached hydrogens (primary N) is 1. The summed E-state index contributed by atoms with van der Waals surface area (Å²) in [7, 11) is 0. The van der Waals surface area contributed by atoms with Gasteiger partial charge in [-0.2, -0.15) is 0 Å². The molecular formula is C13H18N2O2. The molecule has 0 unspecified atom stereocenters. The summed E-state index contributed by atoms with van der Waals surface area (Å²) in [5.41, 5.74) is 7.90. The average Bonchev–Trinajstić information content (AvgIpc) is 2.66. The van der Waals surface area contributed by atoms with Gasteiger partial charge in [-0.3, -0.25) is 0 Å². The molecule has 4 nitrogen and oxygen atoms in total. The Balaban J connectivity index is 1.95. The van der Waals surface area contributed by atoms with E-state index >= 15 is 0 Å². The van der Waals surface area contributed by atoms with E-state index in [0.717, 1.165) is 24.1 Å². The number of fused-ring (bicyclic) bond motifs is 1. The fourth-order valence-corrected chi connectivity index (χ4v) is 1.53. The van der Waals surface area contributed by atoms with Crippen LogP contribution in [0.3, 0.4) is 0 Å². The third-order valence-corrected chi connectivity index (χ3v) is 2.52. The maximum absolute atomic E-state index is 5.68. The van der Waals surface area contributed by atoms with Gasteiger partial charge in [-0.25, -0.2) is 4.98 Å². The van der Waals surface area contributed by atoms with Crippen LogP contribution >= 0.6 is 0 Å². The smallest absolute Gasteiger partial charge is 0.221 e. The normalized spacial score (nSPS) is 11.5. The van der Waals surface area contributed by atoms with Gasteiger partial charge in [-0.1, -0.05) is 13.8 Å². The van der Waals surface area contributed by atoms with Crippen LogP contribution in [0.25, 0.3) is 11.1 Å². The molecule has 0 atom stereocenters. The molecule has 2 N–H and O–H groups in total. The Morgan fingerprint density at radius 3 is 3.00 bits per heavy atom. The van der Waals surface area contributed by atoms with Gasteiger partial charge in [0.05, 0.1) is 0 Å². The minimum atomic E-state index is 0.418. The maximum Gasteiger partial charge on any atom is 0.221 e. The van der Waals surface area contributed by atoms with Crippen molar-refractivity contribution in [1.82, 2.24) is 4.98 Å². The Morgan fingerprint density at radius 1 is 1.41 bits per heavy atom. The van der Waals surface area contributed by atoms with Crippen LogP contribution < -0.4 is 5.73 Å². The molecule has 92 valence electrons. The molecule has 0 aliphatic rings. The van der Waals surface area contributed by atoms with E-state index in [9.17, 15) is 0 Å². The first-order valence-electron chi connectivity index (χ1n) is 5.88. The number of ether oxygens (including phenoxy) is 1. The van der Waals surface area contributed by atoms with Crippen LogP contribution in [-0.4, -0.2) is 11.6 Å². The predicted octanol–water partition coefficient (Wildman–Crippen LogP) is 2.97. The third-order valence-electron chi connectivity index (χ3n) is 2.52. The van der Waals surface area contributed by atoms with E-state index in [0.29, 0.717) is 24.1 Å². The monoisotopic (exact) mass is 234 g/mol. The number of nitrogens with zero attached hydrogens (tertiary/aromatic N) is 1. The van der Waals surface area contributed by atoms with Crippen molar-refractivity contribution >= 4 is 16.8 Å². The molecule has 0 amide bonds. The van der Waals surface area contributed by atoms with Crippen LogP contribution in [0.15, 0.2) is 22.6 Å². The van der Waals surface area contributed by atoms with Crippen molar-refractivity contribution in [2.45, 2.75) is 26.9 Å². The van der Waals surface area contributed by atoms with Gasteiger partial charge in [0, 0.05) is 12.3 Å². The minimum absolute atomic E-state index is 0.418. The summed E-state index contributed by atoms with van der Waals surface area (Å²) < 4.78 is 11.0. The van der Waals surface area contributed by atoms with E-state index in [2.05, 4.69) is 18.8 Å². The molecule has 0 aliphatic heterocycles. The Morgan fingerprint density at radius 2 is 2.24 bits per heavy atom. The van der Waals surface area contributed by atoms with E-state index in [1.807, 2.05) is 6.07 Å². The first-order valence-corrected chi connectivity index (χ1v) is 5.88. The fourth-order valence-electron chi connectivity index (χ4n) is 1.53. The molecule has 1 aromatic heterocycles. The zero-order chi connectivity index (χ0) is 12.3. The van der Waals surface area contributed by atoms with Crippen LogP contribution in [0.5, 0.6) is 0 Å². The Labute approximate surface area is 101 Å². The van der Waals surface area contributed by atoms with Crippen molar-refractivity contribution in [2.75, 3.05) is 12.3 Å². The number of benzene rings is 1. The van der Waals surface area contributed by atoms with E-state index in [1.54, 1.807) is 12.1 Å². The Bertz CT molecular complexity index is 491. The molecule has 17 heavy (non-hydrogen) atoms. The van der Waals surface area contributed by atoms with Gasteiger partial charge in [-0.05, 0) is 30.5 Å². The second-order valence-corrected chi connectivity index (χ2v) is 4.57. The minimum Gasteiger partial charge on any atom is -0.438 e. The lowest BCUT2D eigenvalue weighted by molar-refractivity contribution is 0.0948. The zero-order valence-corrected chi connectivity index (χ0v) is 10.3. The lowest BCUT2D eigenvalue weighted by atomic mass is 10.1. The maximum atomic E-state index is 5.68. The number of oxazole rings is 1. The summed E-state index contributed by atoms with van der Waals surface area (Å²) in [6.45, 7) is 5.50. The van der Waals surface area contributed by atoms with Crippen molar-refractivity contribution in [3.63, 3.8) is 0 Å². The predicted molar refractivity (Wildman–Crippen MR) is 67.5 cm³/mol. The number of hydrogen-bond acceptors (Lipinski definition) is 4. The topological polar surface area (TPSA) is 61.3 Å². The summed E-state index contributed by atoms with van der Waals surface area (Å²) in [4.78, 5) is 4.32. The van der Waals surface area contributed by atoms with Crippen LogP contribution in [0, 0.1) is 5.92 Å². The molecular weight excluding hydrogens is 216 g/mol. The molecule has 0 bridgehead atoms. The highest BCUT2D eigenvalue weighted by molar-refractivity contribution is 5.76. The molecule has 0 saturated heterocycles. The van der Waals surface area contributed by atoms with Crippen molar-refractivity contribution < 1.29 is 9.15 Å². The average molecular weight is 234 g/mol. The molecule has 4 heteroatoms. The largest absolute Gasteiger partial charge is 0.438 e. The number of nitrogen functional groups attached to an aromatic ring is 1. The third kappa shape index (κ3) is 3.20. The van der Waals surface area contributed by atoms with Crippen LogP contribution in [0.2, 0.25) is 0 Å². The highest BCUT2D eigenvalue weighted by Crippen LogP contribution is 2.18. The SMILES string of the molecule is CC(C)CCOCc1nc2cc(N)ccc2o1. The molecule has 2 rings (SSSR count). The Hall–Kier alpha value is -1.55. The summed E-state index contributed by atoms with van der Waals surface area (Å²) in [6, 6.07) is 5.43. The standard InChI is InChI=1S/C13H18N2O2/c1-9(2)5-6-16-8-13-15-11-7-10(14)3-4-12(11)17-13/h3-4,7,9H,5-6,8,14H2,1-2H3. The van der Waals surface area contributed by atoms with Crippen LogP contribution in [-0.2, 0) is 11.3 Å². The van der Waals surface area contributed by atoms with Crippen molar-refractivity contribution in [3.8, 4) is 0 Å². The summed E-state index contributed by atoms with van der Waals surface area (Å²) in [6.07, 6.45) is 1.05. The number of anilines is 1. The second-order valence-electron chi connectivity index (χ2n) is 4.57. The summed E-state index contributed by atoms with van der Waals surface area (Å²) in [5, 5.41) is 0. The lowest BCUT2D eigenvalue weighted by Crippen LogP contribution is -1.99. The molecule has 1 aromatic carbocycles. The molecule has 0 fully saturated rings. The Kier molecular flexibility index (Phi) is 3.64. The summed E-state index contributed by atoms with van der Waals surface area (Å²) in [5.74, 6) is 1.26. The second kappa shape index (κ2) is 5.19. The number of hydrogen-bond donors (Lipinski definition) is 1. The van der Waals surface area contributed by atoms with Crippen LogP contribution in [0.4, 0.5) is 5.69 Å². The van der Waals surface area contributed by atoms with Crippen molar-refractivity contribution in [2.24, 2.45) is 5.92 Å². The van der Waals surface area contributed by atoms with Gasteiger partial charge in [-0.15, -0.1) is 0 Å². The van der Waals surface area contributed by atoms with Crippen molar-refractivity contribution in [1.29, 1.82) is 0 Å². The molecule has 2 aromatic rings. The van der Waals surface area contributed by atoms with E-state index < -0.39 is 0 Å². The highest BCUT2D eigenvalue weighted by atomic mass is 16.5. The molecule has 0 radical (unpaired) electrons. The van der Waals surface area contributed by atoms with Gasteiger partial charge >= 0.3 is 0 Å². The van der Waals surface area contributed by atoms with E-state index in [1.165, 1.54) is 0 Å². The molecule has 0 spiro atoms. The zero-order valence-electron chi connectivity index (χ0n) is 10.3. The quantitative estimate of drug-likeness (QED) is 0.638. The van der Waals surface area contributed by atoms with Gasteiger partial charge in [0.15, 0.2) is 5.58 Å². The fraction of sp³-hybridized carbons (Fsp3) is 0.462. The molecule has 0 aliphatic carbocycles. The first-order chi connectivity index (χ1) is 8.15. The number of aromatic nitrogens is 1.